The Morgan fingerprint density at radius 3 is 2.62 bits per heavy atom. The number of carbonyl (C=O) groups excluding carboxylic acids is 1. The number of halogens is 1. The van der Waals surface area contributed by atoms with E-state index in [2.05, 4.69) is 31.4 Å². The zero-order valence-corrected chi connectivity index (χ0v) is 16.2. The molecule has 0 saturated heterocycles. The monoisotopic (exact) mass is 415 g/mol. The molecule has 0 radical (unpaired) electrons. The van der Waals surface area contributed by atoms with Crippen molar-refractivity contribution in [3.63, 3.8) is 0 Å². The van der Waals surface area contributed by atoms with Crippen LogP contribution in [0.5, 0.6) is 11.6 Å². The fraction of sp³-hybridized carbons (Fsp3) is 0.211. The van der Waals surface area contributed by atoms with Crippen LogP contribution in [0.2, 0.25) is 0 Å². The number of ether oxygens (including phenoxy) is 1. The molecular weight excluding hydrogens is 398 g/mol. The van der Waals surface area contributed by atoms with E-state index >= 15 is 0 Å². The SMILES string of the molecule is CC(C)(C)c1cc(NC(=O)c2ccc(Oc3cccc(Br)c3)nc2)no1. The predicted molar refractivity (Wildman–Crippen MR) is 102 cm³/mol. The molecule has 0 fully saturated rings. The Morgan fingerprint density at radius 1 is 1.19 bits per heavy atom. The van der Waals surface area contributed by atoms with Crippen LogP contribution in [-0.2, 0) is 5.41 Å². The summed E-state index contributed by atoms with van der Waals surface area (Å²) in [5.74, 6) is 1.80. The molecule has 26 heavy (non-hydrogen) atoms. The van der Waals surface area contributed by atoms with Gasteiger partial charge in [-0.1, -0.05) is 47.9 Å². The summed E-state index contributed by atoms with van der Waals surface area (Å²) in [6.45, 7) is 6.02. The second kappa shape index (κ2) is 7.29. The summed E-state index contributed by atoms with van der Waals surface area (Å²) in [5, 5.41) is 6.57. The Labute approximate surface area is 159 Å². The number of nitrogens with one attached hydrogen (secondary N) is 1. The minimum absolute atomic E-state index is 0.178. The van der Waals surface area contributed by atoms with Gasteiger partial charge in [0.2, 0.25) is 5.88 Å². The highest BCUT2D eigenvalue weighted by molar-refractivity contribution is 9.10. The molecule has 7 heteroatoms. The van der Waals surface area contributed by atoms with Crippen LogP contribution in [0, 0.1) is 0 Å². The maximum Gasteiger partial charge on any atom is 0.258 e. The van der Waals surface area contributed by atoms with Gasteiger partial charge >= 0.3 is 0 Å². The lowest BCUT2D eigenvalue weighted by Crippen LogP contribution is -2.12. The lowest BCUT2D eigenvalue weighted by atomic mass is 9.93. The van der Waals surface area contributed by atoms with Gasteiger partial charge in [-0.25, -0.2) is 4.98 Å². The van der Waals surface area contributed by atoms with E-state index in [1.165, 1.54) is 6.20 Å². The summed E-state index contributed by atoms with van der Waals surface area (Å²) >= 11 is 3.38. The van der Waals surface area contributed by atoms with E-state index in [1.807, 2.05) is 45.0 Å². The molecule has 0 aliphatic heterocycles. The van der Waals surface area contributed by atoms with Crippen LogP contribution in [0.25, 0.3) is 0 Å². The minimum Gasteiger partial charge on any atom is -0.439 e. The average molecular weight is 416 g/mol. The topological polar surface area (TPSA) is 77.2 Å². The molecule has 0 aliphatic rings. The van der Waals surface area contributed by atoms with Crippen molar-refractivity contribution >= 4 is 27.7 Å². The Hall–Kier alpha value is -2.67. The van der Waals surface area contributed by atoms with Crippen molar-refractivity contribution < 1.29 is 14.1 Å². The minimum atomic E-state index is -0.319. The number of aromatic nitrogens is 2. The number of pyridine rings is 1. The van der Waals surface area contributed by atoms with E-state index in [0.29, 0.717) is 28.8 Å². The van der Waals surface area contributed by atoms with Crippen molar-refractivity contribution in [3.8, 4) is 11.6 Å². The molecule has 1 N–H and O–H groups in total. The molecule has 0 bridgehead atoms. The summed E-state index contributed by atoms with van der Waals surface area (Å²) in [4.78, 5) is 16.5. The molecule has 0 aliphatic carbocycles. The molecule has 0 unspecified atom stereocenters. The van der Waals surface area contributed by atoms with Crippen LogP contribution < -0.4 is 10.1 Å². The summed E-state index contributed by atoms with van der Waals surface area (Å²) < 4.78 is 11.8. The molecule has 3 aromatic rings. The normalized spacial score (nSPS) is 11.2. The van der Waals surface area contributed by atoms with Gasteiger partial charge in [0.15, 0.2) is 5.82 Å². The van der Waals surface area contributed by atoms with E-state index < -0.39 is 0 Å². The third-order valence-corrected chi connectivity index (χ3v) is 4.00. The molecule has 134 valence electrons. The van der Waals surface area contributed by atoms with Crippen LogP contribution in [0.15, 0.2) is 57.7 Å². The van der Waals surface area contributed by atoms with Crippen molar-refractivity contribution in [1.82, 2.24) is 10.1 Å². The Balaban J connectivity index is 1.66. The maximum atomic E-state index is 12.3. The summed E-state index contributed by atoms with van der Waals surface area (Å²) in [6, 6.07) is 12.4. The Morgan fingerprint density at radius 2 is 2.00 bits per heavy atom. The molecule has 2 aromatic heterocycles. The van der Waals surface area contributed by atoms with E-state index in [-0.39, 0.29) is 11.3 Å². The Kier molecular flexibility index (Phi) is 5.08. The first-order valence-electron chi connectivity index (χ1n) is 7.99. The molecule has 1 aromatic carbocycles. The molecule has 0 saturated carbocycles. The van der Waals surface area contributed by atoms with Gasteiger partial charge in [-0.2, -0.15) is 0 Å². The van der Waals surface area contributed by atoms with Crippen molar-refractivity contribution in [2.24, 2.45) is 0 Å². The van der Waals surface area contributed by atoms with Crippen LogP contribution in [0.4, 0.5) is 5.82 Å². The van der Waals surface area contributed by atoms with Crippen molar-refractivity contribution in [1.29, 1.82) is 0 Å². The number of benzene rings is 1. The lowest BCUT2D eigenvalue weighted by molar-refractivity contribution is 0.102. The van der Waals surface area contributed by atoms with Gasteiger partial charge < -0.3 is 14.6 Å². The smallest absolute Gasteiger partial charge is 0.258 e. The summed E-state index contributed by atoms with van der Waals surface area (Å²) in [5.41, 5.74) is 0.218. The highest BCUT2D eigenvalue weighted by atomic mass is 79.9. The number of anilines is 1. The van der Waals surface area contributed by atoms with Gasteiger partial charge in [0, 0.05) is 28.2 Å². The summed E-state index contributed by atoms with van der Waals surface area (Å²) in [7, 11) is 0. The number of nitrogens with zero attached hydrogens (tertiary/aromatic N) is 2. The highest BCUT2D eigenvalue weighted by Crippen LogP contribution is 2.25. The van der Waals surface area contributed by atoms with Crippen LogP contribution in [0.3, 0.4) is 0 Å². The number of carbonyl (C=O) groups is 1. The zero-order valence-electron chi connectivity index (χ0n) is 14.6. The number of hydrogen-bond acceptors (Lipinski definition) is 5. The number of rotatable bonds is 4. The van der Waals surface area contributed by atoms with E-state index in [4.69, 9.17) is 9.26 Å². The predicted octanol–water partition coefficient (Wildman–Crippen LogP) is 5.17. The highest BCUT2D eigenvalue weighted by Gasteiger charge is 2.20. The maximum absolute atomic E-state index is 12.3. The van der Waals surface area contributed by atoms with Crippen LogP contribution >= 0.6 is 15.9 Å². The second-order valence-electron chi connectivity index (χ2n) is 6.73. The third kappa shape index (κ3) is 4.49. The first-order valence-corrected chi connectivity index (χ1v) is 8.78. The van der Waals surface area contributed by atoms with E-state index in [1.54, 1.807) is 18.2 Å². The van der Waals surface area contributed by atoms with Crippen molar-refractivity contribution in [2.45, 2.75) is 26.2 Å². The van der Waals surface area contributed by atoms with E-state index in [0.717, 1.165) is 4.47 Å². The van der Waals surface area contributed by atoms with Gasteiger partial charge in [-0.15, -0.1) is 0 Å². The molecule has 2 heterocycles. The van der Waals surface area contributed by atoms with Gasteiger partial charge in [-0.3, -0.25) is 4.79 Å². The standard InChI is InChI=1S/C19H18BrN3O3/c1-19(2,3)15-10-16(23-26-15)22-18(24)12-7-8-17(21-11-12)25-14-6-4-5-13(20)9-14/h4-11H,1-3H3,(H,22,23,24). The first-order chi connectivity index (χ1) is 12.3. The van der Waals surface area contributed by atoms with Crippen LogP contribution in [0.1, 0.15) is 36.9 Å². The first kappa shape index (κ1) is 18.1. The van der Waals surface area contributed by atoms with E-state index in [9.17, 15) is 4.79 Å². The van der Waals surface area contributed by atoms with Gasteiger partial charge in [-0.05, 0) is 24.3 Å². The largest absolute Gasteiger partial charge is 0.439 e. The molecule has 3 rings (SSSR count). The third-order valence-electron chi connectivity index (χ3n) is 3.51. The lowest BCUT2D eigenvalue weighted by Gasteiger charge is -2.12. The average Bonchev–Trinajstić information content (AvgIpc) is 3.04. The number of hydrogen-bond donors (Lipinski definition) is 1. The molecule has 0 atom stereocenters. The molecule has 1 amide bonds. The fourth-order valence-corrected chi connectivity index (χ4v) is 2.48. The summed E-state index contributed by atoms with van der Waals surface area (Å²) in [6.07, 6.45) is 1.45. The number of amides is 1. The van der Waals surface area contributed by atoms with Gasteiger partial charge in [0.05, 0.1) is 5.56 Å². The Bertz CT molecular complexity index is 914. The van der Waals surface area contributed by atoms with Gasteiger partial charge in [0.25, 0.3) is 5.91 Å². The quantitative estimate of drug-likeness (QED) is 0.635. The molecule has 0 spiro atoms. The second-order valence-corrected chi connectivity index (χ2v) is 7.64. The van der Waals surface area contributed by atoms with Gasteiger partial charge in [0.1, 0.15) is 11.5 Å². The van der Waals surface area contributed by atoms with Crippen LogP contribution in [-0.4, -0.2) is 16.0 Å². The van der Waals surface area contributed by atoms with Crippen molar-refractivity contribution in [3.05, 3.63) is 64.5 Å². The zero-order chi connectivity index (χ0) is 18.7. The molecule has 6 nitrogen and oxygen atoms in total. The van der Waals surface area contributed by atoms with Crippen molar-refractivity contribution in [2.75, 3.05) is 5.32 Å². The molecular formula is C19H18BrN3O3. The fourth-order valence-electron chi connectivity index (χ4n) is 2.10.